The molecule has 0 amide bonds. The third-order valence-electron chi connectivity index (χ3n) is 3.31. The molecule has 0 aromatic heterocycles. The van der Waals surface area contributed by atoms with Gasteiger partial charge in [-0.25, -0.2) is 0 Å². The second-order valence-electron chi connectivity index (χ2n) is 4.59. The number of carbonyl (C=O) groups excluding carboxylic acids is 1. The number of aldehydes is 1. The van der Waals surface area contributed by atoms with Gasteiger partial charge in [-0.1, -0.05) is 30.3 Å². The lowest BCUT2D eigenvalue weighted by atomic mass is 10.0. The van der Waals surface area contributed by atoms with Crippen LogP contribution in [0.4, 0.5) is 0 Å². The highest BCUT2D eigenvalue weighted by Crippen LogP contribution is 2.17. The number of likely N-dealkylation sites (tertiary alicyclic amines) is 1. The molecule has 2 heteroatoms. The fourth-order valence-electron chi connectivity index (χ4n) is 2.32. The molecule has 0 spiro atoms. The van der Waals surface area contributed by atoms with Crippen molar-refractivity contribution >= 4 is 6.29 Å². The molecular formula is C14H19NO. The predicted octanol–water partition coefficient (Wildman–Crippen LogP) is 2.49. The predicted molar refractivity (Wildman–Crippen MR) is 65.1 cm³/mol. The highest BCUT2D eigenvalue weighted by atomic mass is 16.1. The summed E-state index contributed by atoms with van der Waals surface area (Å²) in [5.41, 5.74) is 1.37. The maximum Gasteiger partial charge on any atom is 0.123 e. The molecule has 1 aliphatic heterocycles. The summed E-state index contributed by atoms with van der Waals surface area (Å²) < 4.78 is 0. The molecule has 1 atom stereocenters. The quantitative estimate of drug-likeness (QED) is 0.725. The summed E-state index contributed by atoms with van der Waals surface area (Å²) >= 11 is 0. The Kier molecular flexibility index (Phi) is 4.11. The molecule has 1 fully saturated rings. The minimum atomic E-state index is 0.292. The highest BCUT2D eigenvalue weighted by Gasteiger charge is 2.16. The largest absolute Gasteiger partial charge is 0.303 e. The van der Waals surface area contributed by atoms with Crippen LogP contribution in [0.3, 0.4) is 0 Å². The van der Waals surface area contributed by atoms with E-state index in [0.717, 1.165) is 45.2 Å². The molecule has 0 aliphatic carbocycles. The lowest BCUT2D eigenvalue weighted by Crippen LogP contribution is -2.24. The number of benzene rings is 1. The van der Waals surface area contributed by atoms with Gasteiger partial charge in [0.2, 0.25) is 0 Å². The molecule has 1 heterocycles. The van der Waals surface area contributed by atoms with E-state index < -0.39 is 0 Å². The van der Waals surface area contributed by atoms with Gasteiger partial charge >= 0.3 is 0 Å². The molecule has 16 heavy (non-hydrogen) atoms. The van der Waals surface area contributed by atoms with Crippen LogP contribution in [0.2, 0.25) is 0 Å². The van der Waals surface area contributed by atoms with Gasteiger partial charge in [0.15, 0.2) is 0 Å². The highest BCUT2D eigenvalue weighted by molar-refractivity contribution is 5.53. The first-order chi connectivity index (χ1) is 7.88. The first kappa shape index (κ1) is 11.3. The molecule has 1 aliphatic rings. The topological polar surface area (TPSA) is 20.3 Å². The Labute approximate surface area is 97.3 Å². The van der Waals surface area contributed by atoms with Crippen molar-refractivity contribution in [3.05, 3.63) is 35.9 Å². The van der Waals surface area contributed by atoms with Gasteiger partial charge in [-0.3, -0.25) is 4.90 Å². The summed E-state index contributed by atoms with van der Waals surface area (Å²) in [7, 11) is 0. The third-order valence-corrected chi connectivity index (χ3v) is 3.31. The van der Waals surface area contributed by atoms with Gasteiger partial charge in [0.25, 0.3) is 0 Å². The normalized spacial score (nSPS) is 22.6. The van der Waals surface area contributed by atoms with Gasteiger partial charge in [-0.05, 0) is 37.9 Å². The van der Waals surface area contributed by atoms with Gasteiger partial charge in [-0.15, -0.1) is 0 Å². The van der Waals surface area contributed by atoms with Gasteiger partial charge in [0.05, 0.1) is 0 Å². The maximum atomic E-state index is 10.8. The molecule has 0 saturated carbocycles. The average Bonchev–Trinajstić information content (AvgIpc) is 2.56. The Morgan fingerprint density at radius 2 is 2.00 bits per heavy atom. The van der Waals surface area contributed by atoms with Crippen molar-refractivity contribution in [1.82, 2.24) is 4.90 Å². The second-order valence-corrected chi connectivity index (χ2v) is 4.59. The van der Waals surface area contributed by atoms with E-state index in [9.17, 15) is 4.79 Å². The van der Waals surface area contributed by atoms with Crippen molar-refractivity contribution < 1.29 is 4.79 Å². The zero-order valence-electron chi connectivity index (χ0n) is 9.64. The monoisotopic (exact) mass is 217 g/mol. The third kappa shape index (κ3) is 3.17. The number of hydrogen-bond acceptors (Lipinski definition) is 2. The van der Waals surface area contributed by atoms with Gasteiger partial charge in [-0.2, -0.15) is 0 Å². The Morgan fingerprint density at radius 3 is 2.75 bits per heavy atom. The number of nitrogens with zero attached hydrogens (tertiary/aromatic N) is 1. The van der Waals surface area contributed by atoms with Crippen LogP contribution >= 0.6 is 0 Å². The van der Waals surface area contributed by atoms with E-state index in [0.29, 0.717) is 5.92 Å². The van der Waals surface area contributed by atoms with Crippen molar-refractivity contribution in [2.75, 3.05) is 13.1 Å². The number of carbonyl (C=O) groups is 1. The fourth-order valence-corrected chi connectivity index (χ4v) is 2.32. The SMILES string of the molecule is O=C[C@H]1CCCN(Cc2ccccc2)CC1. The van der Waals surface area contributed by atoms with E-state index in [-0.39, 0.29) is 0 Å². The van der Waals surface area contributed by atoms with Crippen LogP contribution in [-0.4, -0.2) is 24.3 Å². The smallest absolute Gasteiger partial charge is 0.123 e. The summed E-state index contributed by atoms with van der Waals surface area (Å²) in [5, 5.41) is 0. The summed E-state index contributed by atoms with van der Waals surface area (Å²) in [5.74, 6) is 0.292. The lowest BCUT2D eigenvalue weighted by molar-refractivity contribution is -0.111. The van der Waals surface area contributed by atoms with E-state index in [1.165, 1.54) is 5.56 Å². The molecule has 0 bridgehead atoms. The molecule has 86 valence electrons. The van der Waals surface area contributed by atoms with E-state index in [2.05, 4.69) is 29.2 Å². The van der Waals surface area contributed by atoms with Crippen LogP contribution in [0.1, 0.15) is 24.8 Å². The van der Waals surface area contributed by atoms with Crippen LogP contribution < -0.4 is 0 Å². The molecule has 0 unspecified atom stereocenters. The summed E-state index contributed by atoms with van der Waals surface area (Å²) in [6.45, 7) is 3.20. The summed E-state index contributed by atoms with van der Waals surface area (Å²) in [4.78, 5) is 13.2. The van der Waals surface area contributed by atoms with Crippen molar-refractivity contribution in [3.8, 4) is 0 Å². The molecule has 1 saturated heterocycles. The van der Waals surface area contributed by atoms with Crippen molar-refractivity contribution in [1.29, 1.82) is 0 Å². The van der Waals surface area contributed by atoms with Crippen molar-refractivity contribution in [2.24, 2.45) is 5.92 Å². The Bertz CT molecular complexity index is 323. The van der Waals surface area contributed by atoms with E-state index >= 15 is 0 Å². The van der Waals surface area contributed by atoms with Crippen LogP contribution in [0, 0.1) is 5.92 Å². The molecule has 2 rings (SSSR count). The van der Waals surface area contributed by atoms with Crippen molar-refractivity contribution in [2.45, 2.75) is 25.8 Å². The van der Waals surface area contributed by atoms with Crippen LogP contribution in [0.25, 0.3) is 0 Å². The molecule has 1 aromatic rings. The molecule has 2 nitrogen and oxygen atoms in total. The molecular weight excluding hydrogens is 198 g/mol. The minimum Gasteiger partial charge on any atom is -0.303 e. The first-order valence-electron chi connectivity index (χ1n) is 6.10. The van der Waals surface area contributed by atoms with Gasteiger partial charge in [0, 0.05) is 12.5 Å². The molecule has 1 aromatic carbocycles. The number of rotatable bonds is 3. The Balaban J connectivity index is 1.89. The summed E-state index contributed by atoms with van der Waals surface area (Å²) in [6, 6.07) is 10.6. The average molecular weight is 217 g/mol. The van der Waals surface area contributed by atoms with Crippen molar-refractivity contribution in [3.63, 3.8) is 0 Å². The second kappa shape index (κ2) is 5.80. The maximum absolute atomic E-state index is 10.8. The zero-order chi connectivity index (χ0) is 11.2. The van der Waals surface area contributed by atoms with Gasteiger partial charge in [0.1, 0.15) is 6.29 Å². The van der Waals surface area contributed by atoms with Gasteiger partial charge < -0.3 is 4.79 Å². The lowest BCUT2D eigenvalue weighted by Gasteiger charge is -2.19. The van der Waals surface area contributed by atoms with E-state index in [1.807, 2.05) is 6.07 Å². The Morgan fingerprint density at radius 1 is 1.19 bits per heavy atom. The van der Waals surface area contributed by atoms with E-state index in [1.54, 1.807) is 0 Å². The van der Waals surface area contributed by atoms with Crippen LogP contribution in [0.5, 0.6) is 0 Å². The van der Waals surface area contributed by atoms with Crippen LogP contribution in [-0.2, 0) is 11.3 Å². The molecule has 0 radical (unpaired) electrons. The van der Waals surface area contributed by atoms with Crippen LogP contribution in [0.15, 0.2) is 30.3 Å². The van der Waals surface area contributed by atoms with E-state index in [4.69, 9.17) is 0 Å². The molecule has 0 N–H and O–H groups in total. The summed E-state index contributed by atoms with van der Waals surface area (Å²) in [6.07, 6.45) is 4.37. The first-order valence-corrected chi connectivity index (χ1v) is 6.10. The minimum absolute atomic E-state index is 0.292. The zero-order valence-corrected chi connectivity index (χ0v) is 9.64. The Hall–Kier alpha value is -1.15. The standard InChI is InChI=1S/C14H19NO/c16-12-14-7-4-9-15(10-8-14)11-13-5-2-1-3-6-13/h1-3,5-6,12,14H,4,7-11H2/t14-/m0/s1. The number of hydrogen-bond donors (Lipinski definition) is 0. The fraction of sp³-hybridized carbons (Fsp3) is 0.500.